The number of hydrogen-bond acceptors (Lipinski definition) is 5. The topological polar surface area (TPSA) is 85.2 Å². The van der Waals surface area contributed by atoms with Crippen molar-refractivity contribution in [2.45, 2.75) is 50.7 Å². The van der Waals surface area contributed by atoms with Gasteiger partial charge in [0.25, 0.3) is 0 Å². The van der Waals surface area contributed by atoms with Crippen LogP contribution in [0.15, 0.2) is 30.7 Å². The summed E-state index contributed by atoms with van der Waals surface area (Å²) < 4.78 is 7.41. The molecule has 0 spiro atoms. The van der Waals surface area contributed by atoms with Crippen molar-refractivity contribution in [3.05, 3.63) is 42.2 Å². The average Bonchev–Trinajstić information content (AvgIpc) is 3.19. The molecule has 0 aromatic carbocycles. The maximum Gasteiger partial charge on any atom is 0.318 e. The predicted molar refractivity (Wildman–Crippen MR) is 101 cm³/mol. The van der Waals surface area contributed by atoms with E-state index in [1.807, 2.05) is 18.2 Å². The summed E-state index contributed by atoms with van der Waals surface area (Å²) in [7, 11) is 3.37. The molecule has 2 aromatic heterocycles. The van der Waals surface area contributed by atoms with Gasteiger partial charge in [-0.15, -0.1) is 10.2 Å². The summed E-state index contributed by atoms with van der Waals surface area (Å²) in [5.41, 5.74) is 0.794. The first-order valence-electron chi connectivity index (χ1n) is 9.49. The molecule has 1 aliphatic rings. The molecule has 8 nitrogen and oxygen atoms in total. The summed E-state index contributed by atoms with van der Waals surface area (Å²) in [5.74, 6) is 0.796. The smallest absolute Gasteiger partial charge is 0.318 e. The molecule has 2 amide bonds. The number of aromatic nitrogens is 4. The molecule has 1 N–H and O–H groups in total. The molecule has 1 unspecified atom stereocenters. The van der Waals surface area contributed by atoms with Gasteiger partial charge >= 0.3 is 6.03 Å². The highest BCUT2D eigenvalue weighted by Gasteiger charge is 2.24. The molecule has 1 fully saturated rings. The van der Waals surface area contributed by atoms with Gasteiger partial charge in [-0.3, -0.25) is 4.98 Å². The number of amides is 2. The molecule has 0 saturated heterocycles. The van der Waals surface area contributed by atoms with E-state index in [9.17, 15) is 4.79 Å². The van der Waals surface area contributed by atoms with E-state index < -0.39 is 0 Å². The van der Waals surface area contributed by atoms with E-state index >= 15 is 0 Å². The van der Waals surface area contributed by atoms with E-state index in [1.54, 1.807) is 31.6 Å². The van der Waals surface area contributed by atoms with Crippen LogP contribution in [0.25, 0.3) is 0 Å². The fourth-order valence-corrected chi connectivity index (χ4v) is 3.60. The molecular formula is C19H28N6O2. The Hall–Kier alpha value is -2.48. The van der Waals surface area contributed by atoms with Gasteiger partial charge in [0.2, 0.25) is 0 Å². The van der Waals surface area contributed by atoms with E-state index in [0.717, 1.165) is 24.4 Å². The van der Waals surface area contributed by atoms with Crippen molar-refractivity contribution in [2.75, 3.05) is 20.8 Å². The van der Waals surface area contributed by atoms with Crippen molar-refractivity contribution >= 4 is 6.03 Å². The minimum atomic E-state index is -0.257. The summed E-state index contributed by atoms with van der Waals surface area (Å²) >= 11 is 0. The number of urea groups is 1. The first kappa shape index (κ1) is 19.3. The lowest BCUT2D eigenvalue weighted by atomic mass is 9.95. The molecule has 146 valence electrons. The molecule has 1 aliphatic carbocycles. The summed E-state index contributed by atoms with van der Waals surface area (Å²) in [4.78, 5) is 18.7. The van der Waals surface area contributed by atoms with Gasteiger partial charge in [-0.05, 0) is 25.0 Å². The molecular weight excluding hydrogens is 344 g/mol. The number of carbonyl (C=O) groups is 1. The van der Waals surface area contributed by atoms with Gasteiger partial charge in [-0.25, -0.2) is 4.79 Å². The number of hydrogen-bond donors (Lipinski definition) is 1. The second-order valence-corrected chi connectivity index (χ2v) is 6.94. The van der Waals surface area contributed by atoms with Crippen LogP contribution in [0.2, 0.25) is 0 Å². The molecule has 2 aromatic rings. The van der Waals surface area contributed by atoms with Crippen LogP contribution >= 0.6 is 0 Å². The van der Waals surface area contributed by atoms with E-state index in [1.165, 1.54) is 19.3 Å². The van der Waals surface area contributed by atoms with Crippen LogP contribution in [-0.4, -0.2) is 51.4 Å². The number of rotatable bonds is 7. The zero-order chi connectivity index (χ0) is 19.1. The van der Waals surface area contributed by atoms with Crippen LogP contribution in [0, 0.1) is 0 Å². The highest BCUT2D eigenvalue weighted by Crippen LogP contribution is 2.28. The fraction of sp³-hybridized carbons (Fsp3) is 0.579. The summed E-state index contributed by atoms with van der Waals surface area (Å²) in [6.45, 7) is 0.723. The highest BCUT2D eigenvalue weighted by molar-refractivity contribution is 5.74. The standard InChI is InChI=1S/C19H28N6O2/c1-24(17(13-27-2)16-10-6-7-11-20-16)19(26)21-12-18-23-22-14-25(18)15-8-4-3-5-9-15/h6-7,10-11,14-15,17H,3-5,8-9,12-13H2,1-2H3,(H,21,26). The first-order valence-corrected chi connectivity index (χ1v) is 9.49. The minimum absolute atomic E-state index is 0.194. The Bertz CT molecular complexity index is 714. The number of ether oxygens (including phenoxy) is 1. The third kappa shape index (κ3) is 4.82. The number of carbonyl (C=O) groups excluding carboxylic acids is 1. The minimum Gasteiger partial charge on any atom is -0.382 e. The molecule has 2 heterocycles. The maximum absolute atomic E-state index is 12.7. The van der Waals surface area contributed by atoms with Crippen LogP contribution in [0.1, 0.15) is 55.7 Å². The largest absolute Gasteiger partial charge is 0.382 e. The Morgan fingerprint density at radius 2 is 2.19 bits per heavy atom. The summed E-state index contributed by atoms with van der Waals surface area (Å²) in [5, 5.41) is 11.2. The van der Waals surface area contributed by atoms with Gasteiger partial charge < -0.3 is 19.5 Å². The maximum atomic E-state index is 12.7. The summed E-state index contributed by atoms with van der Waals surface area (Å²) in [6.07, 6.45) is 9.56. The number of pyridine rings is 1. The van der Waals surface area contributed by atoms with Crippen LogP contribution < -0.4 is 5.32 Å². The van der Waals surface area contributed by atoms with Gasteiger partial charge in [-0.2, -0.15) is 0 Å². The first-order chi connectivity index (χ1) is 13.2. The SMILES string of the molecule is COCC(c1ccccn1)N(C)C(=O)NCc1nncn1C1CCCCC1. The van der Waals surface area contributed by atoms with Gasteiger partial charge in [0.05, 0.1) is 24.9 Å². The monoisotopic (exact) mass is 372 g/mol. The van der Waals surface area contributed by atoms with Crippen LogP contribution in [-0.2, 0) is 11.3 Å². The fourth-order valence-electron chi connectivity index (χ4n) is 3.60. The Kier molecular flexibility index (Phi) is 6.75. The highest BCUT2D eigenvalue weighted by atomic mass is 16.5. The number of nitrogens with one attached hydrogen (secondary N) is 1. The van der Waals surface area contributed by atoms with Crippen molar-refractivity contribution in [1.29, 1.82) is 0 Å². The third-order valence-corrected chi connectivity index (χ3v) is 5.15. The molecule has 27 heavy (non-hydrogen) atoms. The number of methoxy groups -OCH3 is 1. The average molecular weight is 372 g/mol. The van der Waals surface area contributed by atoms with Crippen molar-refractivity contribution in [2.24, 2.45) is 0 Å². The van der Waals surface area contributed by atoms with Gasteiger partial charge in [-0.1, -0.05) is 25.3 Å². The van der Waals surface area contributed by atoms with Gasteiger partial charge in [0, 0.05) is 26.4 Å². The van der Waals surface area contributed by atoms with Crippen molar-refractivity contribution in [1.82, 2.24) is 30.0 Å². The third-order valence-electron chi connectivity index (χ3n) is 5.15. The zero-order valence-corrected chi connectivity index (χ0v) is 16.0. The van der Waals surface area contributed by atoms with Crippen molar-refractivity contribution in [3.63, 3.8) is 0 Å². The second kappa shape index (κ2) is 9.45. The quantitative estimate of drug-likeness (QED) is 0.808. The molecule has 3 rings (SSSR count). The molecule has 0 aliphatic heterocycles. The molecule has 1 atom stereocenters. The molecule has 0 bridgehead atoms. The van der Waals surface area contributed by atoms with Gasteiger partial charge in [0.15, 0.2) is 5.82 Å². The summed E-state index contributed by atoms with van der Waals surface area (Å²) in [6, 6.07) is 5.64. The van der Waals surface area contributed by atoms with Crippen molar-refractivity contribution in [3.8, 4) is 0 Å². The van der Waals surface area contributed by atoms with E-state index in [4.69, 9.17) is 4.74 Å². The molecule has 1 saturated carbocycles. The normalized spacial score (nSPS) is 16.1. The Balaban J connectivity index is 1.62. The predicted octanol–water partition coefficient (Wildman–Crippen LogP) is 2.71. The zero-order valence-electron chi connectivity index (χ0n) is 16.0. The Morgan fingerprint density at radius 1 is 1.37 bits per heavy atom. The number of likely N-dealkylation sites (N-methyl/N-ethyl adjacent to an activating group) is 1. The van der Waals surface area contributed by atoms with E-state index in [-0.39, 0.29) is 12.1 Å². The van der Waals surface area contributed by atoms with E-state index in [0.29, 0.717) is 19.2 Å². The lowest BCUT2D eigenvalue weighted by Crippen LogP contribution is -2.41. The second-order valence-electron chi connectivity index (χ2n) is 6.94. The van der Waals surface area contributed by atoms with Gasteiger partial charge in [0.1, 0.15) is 6.33 Å². The van der Waals surface area contributed by atoms with Crippen LogP contribution in [0.3, 0.4) is 0 Å². The Morgan fingerprint density at radius 3 is 2.89 bits per heavy atom. The lowest BCUT2D eigenvalue weighted by Gasteiger charge is -2.28. The molecule has 8 heteroatoms. The lowest BCUT2D eigenvalue weighted by molar-refractivity contribution is 0.114. The van der Waals surface area contributed by atoms with Crippen molar-refractivity contribution < 1.29 is 9.53 Å². The van der Waals surface area contributed by atoms with Crippen LogP contribution in [0.5, 0.6) is 0 Å². The number of nitrogens with zero attached hydrogens (tertiary/aromatic N) is 5. The Labute approximate surface area is 159 Å². The molecule has 0 radical (unpaired) electrons. The van der Waals surface area contributed by atoms with E-state index in [2.05, 4.69) is 25.1 Å². The van der Waals surface area contributed by atoms with Crippen LogP contribution in [0.4, 0.5) is 4.79 Å².